The van der Waals surface area contributed by atoms with Gasteiger partial charge in [-0.1, -0.05) is 19.4 Å². The number of hydrogen-bond donors (Lipinski definition) is 2. The van der Waals surface area contributed by atoms with Crippen LogP contribution in [0.25, 0.3) is 0 Å². The lowest BCUT2D eigenvalue weighted by atomic mass is 10.2. The van der Waals surface area contributed by atoms with Gasteiger partial charge >= 0.3 is 0 Å². The van der Waals surface area contributed by atoms with Crippen LogP contribution in [0.5, 0.6) is 5.75 Å². The molecule has 0 unspecified atom stereocenters. The van der Waals surface area contributed by atoms with E-state index in [0.717, 1.165) is 16.4 Å². The van der Waals surface area contributed by atoms with Crippen molar-refractivity contribution in [3.8, 4) is 5.75 Å². The fraction of sp³-hybridized carbons (Fsp3) is 0.222. The molecule has 132 valence electrons. The molecule has 0 aromatic heterocycles. The summed E-state index contributed by atoms with van der Waals surface area (Å²) in [6.07, 6.45) is 1.99. The number of hydrogen-bond acceptors (Lipinski definition) is 3. The molecular weight excluding hydrogens is 454 g/mol. The minimum Gasteiger partial charge on any atom is -0.494 e. The predicted octanol–water partition coefficient (Wildman–Crippen LogP) is 4.74. The van der Waals surface area contributed by atoms with Crippen molar-refractivity contribution >= 4 is 51.5 Å². The fourth-order valence-electron chi connectivity index (χ4n) is 1.98. The predicted molar refractivity (Wildman–Crippen MR) is 110 cm³/mol. The van der Waals surface area contributed by atoms with Crippen molar-refractivity contribution in [1.29, 1.82) is 0 Å². The average molecular weight is 472 g/mol. The van der Waals surface area contributed by atoms with Gasteiger partial charge in [-0.2, -0.15) is 0 Å². The van der Waals surface area contributed by atoms with Crippen LogP contribution in [0.2, 0.25) is 0 Å². The van der Waals surface area contributed by atoms with E-state index in [1.165, 1.54) is 6.07 Å². The van der Waals surface area contributed by atoms with Gasteiger partial charge in [0.25, 0.3) is 5.91 Å². The Kier molecular flexibility index (Phi) is 7.57. The second kappa shape index (κ2) is 9.67. The summed E-state index contributed by atoms with van der Waals surface area (Å²) in [7, 11) is 0. The second-order valence-corrected chi connectivity index (χ2v) is 6.92. The van der Waals surface area contributed by atoms with Crippen LogP contribution in [0.15, 0.2) is 42.5 Å². The maximum atomic E-state index is 13.8. The van der Waals surface area contributed by atoms with E-state index in [1.807, 2.05) is 22.6 Å². The lowest BCUT2D eigenvalue weighted by Gasteiger charge is -2.11. The quantitative estimate of drug-likeness (QED) is 0.363. The molecule has 0 bridgehead atoms. The van der Waals surface area contributed by atoms with Gasteiger partial charge in [0, 0.05) is 9.13 Å². The largest absolute Gasteiger partial charge is 0.494 e. The highest BCUT2D eigenvalue weighted by atomic mass is 127. The van der Waals surface area contributed by atoms with Crippen molar-refractivity contribution in [2.45, 2.75) is 19.8 Å². The van der Waals surface area contributed by atoms with E-state index in [-0.39, 0.29) is 16.7 Å². The minimum absolute atomic E-state index is 0.0300. The zero-order valence-corrected chi connectivity index (χ0v) is 16.6. The van der Waals surface area contributed by atoms with Crippen LogP contribution >= 0.6 is 34.8 Å². The Hall–Kier alpha value is -1.74. The third kappa shape index (κ3) is 6.24. The third-order valence-corrected chi connectivity index (χ3v) is 4.14. The number of amides is 1. The molecular formula is C18H18FIN2O2S. The SMILES string of the molecule is CCCCOc1cccc(C(=O)NC(=S)Nc2ccc(I)cc2F)c1. The summed E-state index contributed by atoms with van der Waals surface area (Å²) >= 11 is 7.10. The molecule has 0 aliphatic heterocycles. The first-order chi connectivity index (χ1) is 12.0. The van der Waals surface area contributed by atoms with Crippen molar-refractivity contribution in [1.82, 2.24) is 5.32 Å². The van der Waals surface area contributed by atoms with Crippen molar-refractivity contribution in [2.75, 3.05) is 11.9 Å². The highest BCUT2D eigenvalue weighted by molar-refractivity contribution is 14.1. The van der Waals surface area contributed by atoms with Gasteiger partial charge in [-0.15, -0.1) is 0 Å². The van der Waals surface area contributed by atoms with E-state index in [1.54, 1.807) is 36.4 Å². The van der Waals surface area contributed by atoms with Gasteiger partial charge in [-0.05, 0) is 77.6 Å². The second-order valence-electron chi connectivity index (χ2n) is 5.26. The monoisotopic (exact) mass is 472 g/mol. The van der Waals surface area contributed by atoms with Gasteiger partial charge in [0.2, 0.25) is 0 Å². The molecule has 7 heteroatoms. The molecule has 2 aromatic carbocycles. The highest BCUT2D eigenvalue weighted by Crippen LogP contribution is 2.17. The van der Waals surface area contributed by atoms with Gasteiger partial charge in [0.15, 0.2) is 5.11 Å². The third-order valence-electron chi connectivity index (χ3n) is 3.27. The summed E-state index contributed by atoms with van der Waals surface area (Å²) in [5.41, 5.74) is 0.628. The number of unbranched alkanes of at least 4 members (excludes halogenated alkanes) is 1. The Labute approximate surface area is 165 Å². The average Bonchev–Trinajstić information content (AvgIpc) is 2.58. The molecule has 0 aliphatic rings. The Morgan fingerprint density at radius 2 is 2.08 bits per heavy atom. The van der Waals surface area contributed by atoms with Gasteiger partial charge in [0.1, 0.15) is 11.6 Å². The highest BCUT2D eigenvalue weighted by Gasteiger charge is 2.11. The summed E-state index contributed by atoms with van der Waals surface area (Å²) < 4.78 is 20.2. The van der Waals surface area contributed by atoms with Gasteiger partial charge in [0.05, 0.1) is 12.3 Å². The van der Waals surface area contributed by atoms with E-state index in [0.29, 0.717) is 17.9 Å². The number of rotatable bonds is 6. The first-order valence-electron chi connectivity index (χ1n) is 7.80. The van der Waals surface area contributed by atoms with Crippen LogP contribution < -0.4 is 15.4 Å². The molecule has 1 amide bonds. The molecule has 0 radical (unpaired) electrons. The number of halogens is 2. The molecule has 0 fully saturated rings. The molecule has 25 heavy (non-hydrogen) atoms. The van der Waals surface area contributed by atoms with Crippen LogP contribution in [-0.4, -0.2) is 17.6 Å². The van der Waals surface area contributed by atoms with Crippen molar-refractivity contribution < 1.29 is 13.9 Å². The van der Waals surface area contributed by atoms with E-state index in [2.05, 4.69) is 17.6 Å². The Balaban J connectivity index is 1.96. The number of thiocarbonyl (C=S) groups is 1. The Morgan fingerprint density at radius 1 is 1.28 bits per heavy atom. The number of carbonyl (C=O) groups excluding carboxylic acids is 1. The summed E-state index contributed by atoms with van der Waals surface area (Å²) in [4.78, 5) is 12.3. The van der Waals surface area contributed by atoms with Crippen molar-refractivity contribution in [3.05, 3.63) is 57.4 Å². The fourth-order valence-corrected chi connectivity index (χ4v) is 2.64. The van der Waals surface area contributed by atoms with E-state index >= 15 is 0 Å². The van der Waals surface area contributed by atoms with Crippen LogP contribution in [0, 0.1) is 9.39 Å². The molecule has 2 rings (SSSR count). The molecule has 0 aliphatic carbocycles. The maximum absolute atomic E-state index is 13.8. The normalized spacial score (nSPS) is 10.2. The number of ether oxygens (including phenoxy) is 1. The number of nitrogens with one attached hydrogen (secondary N) is 2. The first kappa shape index (κ1) is 19.6. The molecule has 2 N–H and O–H groups in total. The summed E-state index contributed by atoms with van der Waals surface area (Å²) in [5, 5.41) is 5.25. The van der Waals surface area contributed by atoms with E-state index in [4.69, 9.17) is 17.0 Å². The smallest absolute Gasteiger partial charge is 0.257 e. The van der Waals surface area contributed by atoms with Crippen LogP contribution in [-0.2, 0) is 0 Å². The van der Waals surface area contributed by atoms with Crippen molar-refractivity contribution in [3.63, 3.8) is 0 Å². The molecule has 0 heterocycles. The minimum atomic E-state index is -0.435. The summed E-state index contributed by atoms with van der Waals surface area (Å²) in [5.74, 6) is -0.192. The van der Waals surface area contributed by atoms with Gasteiger partial charge < -0.3 is 10.1 Å². The summed E-state index contributed by atoms with van der Waals surface area (Å²) in [6.45, 7) is 2.69. The molecule has 0 spiro atoms. The Bertz CT molecular complexity index is 770. The van der Waals surface area contributed by atoms with Gasteiger partial charge in [-0.25, -0.2) is 4.39 Å². The molecule has 0 saturated carbocycles. The topological polar surface area (TPSA) is 50.4 Å². The van der Waals surface area contributed by atoms with Crippen LogP contribution in [0.3, 0.4) is 0 Å². The molecule has 0 atom stereocenters. The molecule has 0 saturated heterocycles. The van der Waals surface area contributed by atoms with Crippen LogP contribution in [0.4, 0.5) is 10.1 Å². The van der Waals surface area contributed by atoms with Crippen molar-refractivity contribution in [2.24, 2.45) is 0 Å². The Morgan fingerprint density at radius 3 is 2.80 bits per heavy atom. The maximum Gasteiger partial charge on any atom is 0.257 e. The first-order valence-corrected chi connectivity index (χ1v) is 9.28. The van der Waals surface area contributed by atoms with Gasteiger partial charge in [-0.3, -0.25) is 10.1 Å². The zero-order chi connectivity index (χ0) is 18.2. The van der Waals surface area contributed by atoms with E-state index < -0.39 is 5.82 Å². The van der Waals surface area contributed by atoms with Crippen LogP contribution in [0.1, 0.15) is 30.1 Å². The standard InChI is InChI=1S/C18H18FIN2O2S/c1-2-3-9-24-14-6-4-5-12(10-14)17(23)22-18(25)21-16-8-7-13(20)11-15(16)19/h4-8,10-11H,2-3,9H2,1H3,(H2,21,22,23,25). The molecule has 2 aromatic rings. The number of benzene rings is 2. The molecule has 4 nitrogen and oxygen atoms in total. The zero-order valence-electron chi connectivity index (χ0n) is 13.6. The lowest BCUT2D eigenvalue weighted by molar-refractivity contribution is 0.0977. The number of carbonyl (C=O) groups is 1. The lowest BCUT2D eigenvalue weighted by Crippen LogP contribution is -2.34. The van der Waals surface area contributed by atoms with E-state index in [9.17, 15) is 9.18 Å². The number of anilines is 1. The summed E-state index contributed by atoms with van der Waals surface area (Å²) in [6, 6.07) is 11.5.